The van der Waals surface area contributed by atoms with E-state index in [9.17, 15) is 14.4 Å². The fourth-order valence-corrected chi connectivity index (χ4v) is 4.60. The Morgan fingerprint density at radius 2 is 2.12 bits per heavy atom. The quantitative estimate of drug-likeness (QED) is 0.628. The van der Waals surface area contributed by atoms with Gasteiger partial charge in [-0.2, -0.15) is 0 Å². The summed E-state index contributed by atoms with van der Waals surface area (Å²) in [7, 11) is 0. The van der Waals surface area contributed by atoms with Crippen LogP contribution in [0.4, 0.5) is 0 Å². The third-order valence-electron chi connectivity index (χ3n) is 5.87. The van der Waals surface area contributed by atoms with Gasteiger partial charge in [0.25, 0.3) is 0 Å². The molecule has 0 fully saturated rings. The van der Waals surface area contributed by atoms with Crippen LogP contribution in [0.1, 0.15) is 28.8 Å². The van der Waals surface area contributed by atoms with Gasteiger partial charge in [-0.05, 0) is 37.3 Å². The lowest BCUT2D eigenvalue weighted by Crippen LogP contribution is -2.43. The summed E-state index contributed by atoms with van der Waals surface area (Å²) >= 11 is 0. The summed E-state index contributed by atoms with van der Waals surface area (Å²) in [5.41, 5.74) is 9.42. The van der Waals surface area contributed by atoms with Gasteiger partial charge in [-0.1, -0.05) is 17.7 Å². The van der Waals surface area contributed by atoms with Gasteiger partial charge < -0.3 is 10.2 Å². The second kappa shape index (κ2) is 5.24. The molecule has 0 spiro atoms. The molecule has 3 aliphatic rings. The molecule has 6 nitrogen and oxygen atoms in total. The van der Waals surface area contributed by atoms with E-state index in [2.05, 4.69) is 4.98 Å². The van der Waals surface area contributed by atoms with E-state index >= 15 is 0 Å². The number of rotatable bonds is 1. The van der Waals surface area contributed by atoms with E-state index in [4.69, 9.17) is 10.2 Å². The summed E-state index contributed by atoms with van der Waals surface area (Å²) in [4.78, 5) is 41.8. The number of carbonyl (C=O) groups excluding carboxylic acids is 3. The van der Waals surface area contributed by atoms with E-state index in [0.717, 1.165) is 11.1 Å². The molecule has 0 bridgehead atoms. The first-order valence-corrected chi connectivity index (χ1v) is 8.67. The maximum absolute atomic E-state index is 13.1. The van der Waals surface area contributed by atoms with Gasteiger partial charge >= 0.3 is 0 Å². The minimum atomic E-state index is -0.715. The summed E-state index contributed by atoms with van der Waals surface area (Å²) < 4.78 is 5.48. The van der Waals surface area contributed by atoms with E-state index in [0.29, 0.717) is 41.5 Å². The average Bonchev–Trinajstić information content (AvgIpc) is 3.10. The number of aromatic nitrogens is 1. The molecule has 1 heterocycles. The zero-order valence-electron chi connectivity index (χ0n) is 13.9. The van der Waals surface area contributed by atoms with Crippen LogP contribution in [0.3, 0.4) is 0 Å². The van der Waals surface area contributed by atoms with E-state index in [1.165, 1.54) is 6.39 Å². The molecule has 0 saturated heterocycles. The van der Waals surface area contributed by atoms with Crippen LogP contribution in [0, 0.1) is 17.8 Å². The van der Waals surface area contributed by atoms with E-state index in [1.54, 1.807) is 18.2 Å². The van der Waals surface area contributed by atoms with Gasteiger partial charge in [0.1, 0.15) is 11.4 Å². The third kappa shape index (κ3) is 1.98. The Labute approximate surface area is 148 Å². The standard InChI is InChI=1S/C20H16N2O4/c21-20(25)9-1-2-12-10(5-9)6-11-7-14-13(18(24)16(11)17(12)23)3-4-15-19(14)26-8-22-15/h1,3-4,6,8,10,12,16H,2,5,7H2,(H2,21,25). The summed E-state index contributed by atoms with van der Waals surface area (Å²) in [5, 5.41) is 0. The molecule has 130 valence electrons. The van der Waals surface area contributed by atoms with Gasteiger partial charge in [0.2, 0.25) is 5.91 Å². The van der Waals surface area contributed by atoms with Crippen molar-refractivity contribution in [2.45, 2.75) is 19.3 Å². The van der Waals surface area contributed by atoms with Crippen molar-refractivity contribution in [1.82, 2.24) is 4.98 Å². The van der Waals surface area contributed by atoms with Crippen LogP contribution in [-0.4, -0.2) is 22.5 Å². The average molecular weight is 348 g/mol. The second-order valence-electron chi connectivity index (χ2n) is 7.21. The zero-order valence-corrected chi connectivity index (χ0v) is 13.9. The maximum Gasteiger partial charge on any atom is 0.244 e. The molecular weight excluding hydrogens is 332 g/mol. The molecule has 26 heavy (non-hydrogen) atoms. The molecule has 5 rings (SSSR count). The first-order chi connectivity index (χ1) is 12.5. The van der Waals surface area contributed by atoms with Crippen molar-refractivity contribution in [2.75, 3.05) is 0 Å². The number of carbonyl (C=O) groups is 3. The van der Waals surface area contributed by atoms with Crippen molar-refractivity contribution < 1.29 is 18.8 Å². The van der Waals surface area contributed by atoms with Crippen LogP contribution in [0.15, 0.2) is 46.2 Å². The van der Waals surface area contributed by atoms with Crippen molar-refractivity contribution in [3.8, 4) is 0 Å². The third-order valence-corrected chi connectivity index (χ3v) is 5.87. The van der Waals surface area contributed by atoms with Gasteiger partial charge in [0, 0.05) is 22.6 Å². The molecule has 3 unspecified atom stereocenters. The smallest absolute Gasteiger partial charge is 0.244 e. The van der Waals surface area contributed by atoms with Gasteiger partial charge in [0.15, 0.2) is 23.5 Å². The van der Waals surface area contributed by atoms with Crippen molar-refractivity contribution in [3.63, 3.8) is 0 Å². The molecule has 0 aliphatic heterocycles. The Kier molecular flexibility index (Phi) is 3.07. The largest absolute Gasteiger partial charge is 0.443 e. The highest BCUT2D eigenvalue weighted by molar-refractivity contribution is 6.17. The molecule has 0 radical (unpaired) electrons. The number of nitrogens with zero attached hydrogens (tertiary/aromatic N) is 1. The lowest BCUT2D eigenvalue weighted by molar-refractivity contribution is -0.127. The summed E-state index contributed by atoms with van der Waals surface area (Å²) in [5.74, 6) is -1.70. The first kappa shape index (κ1) is 15.3. The molecule has 1 aromatic carbocycles. The van der Waals surface area contributed by atoms with E-state index in [1.807, 2.05) is 6.08 Å². The first-order valence-electron chi connectivity index (χ1n) is 8.67. The second-order valence-corrected chi connectivity index (χ2v) is 7.21. The lowest BCUT2D eigenvalue weighted by Gasteiger charge is -2.38. The molecule has 1 aromatic heterocycles. The van der Waals surface area contributed by atoms with Gasteiger partial charge in [-0.3, -0.25) is 14.4 Å². The van der Waals surface area contributed by atoms with Crippen molar-refractivity contribution in [3.05, 3.63) is 53.0 Å². The Morgan fingerprint density at radius 1 is 1.27 bits per heavy atom. The van der Waals surface area contributed by atoms with Crippen LogP contribution in [0.25, 0.3) is 11.1 Å². The fourth-order valence-electron chi connectivity index (χ4n) is 4.60. The number of fused-ring (bicyclic) bond motifs is 5. The highest BCUT2D eigenvalue weighted by Crippen LogP contribution is 2.44. The summed E-state index contributed by atoms with van der Waals surface area (Å²) in [6, 6.07) is 3.49. The number of nitrogens with two attached hydrogens (primary N) is 1. The van der Waals surface area contributed by atoms with Gasteiger partial charge in [0.05, 0.1) is 0 Å². The van der Waals surface area contributed by atoms with Crippen molar-refractivity contribution in [1.29, 1.82) is 0 Å². The van der Waals surface area contributed by atoms with E-state index in [-0.39, 0.29) is 23.4 Å². The zero-order chi connectivity index (χ0) is 18.0. The number of ketones is 2. The number of benzene rings is 1. The molecule has 3 aliphatic carbocycles. The van der Waals surface area contributed by atoms with Crippen LogP contribution < -0.4 is 5.73 Å². The predicted octanol–water partition coefficient (Wildman–Crippen LogP) is 2.13. The monoisotopic (exact) mass is 348 g/mol. The normalized spacial score (nSPS) is 27.3. The molecule has 1 amide bonds. The summed E-state index contributed by atoms with van der Waals surface area (Å²) in [6.45, 7) is 0. The molecule has 2 aromatic rings. The Hall–Kier alpha value is -3.02. The summed E-state index contributed by atoms with van der Waals surface area (Å²) in [6.07, 6.45) is 6.53. The highest BCUT2D eigenvalue weighted by atomic mass is 16.3. The van der Waals surface area contributed by atoms with Crippen molar-refractivity contribution in [2.24, 2.45) is 23.5 Å². The molecule has 0 saturated carbocycles. The number of allylic oxidation sites excluding steroid dienone is 3. The minimum absolute atomic E-state index is 0.0411. The Morgan fingerprint density at radius 3 is 2.92 bits per heavy atom. The maximum atomic E-state index is 13.1. The molecule has 3 atom stereocenters. The molecule has 2 N–H and O–H groups in total. The number of oxazole rings is 1. The van der Waals surface area contributed by atoms with Crippen molar-refractivity contribution >= 4 is 28.6 Å². The van der Waals surface area contributed by atoms with E-state index < -0.39 is 11.8 Å². The van der Waals surface area contributed by atoms with Crippen LogP contribution in [0.5, 0.6) is 0 Å². The van der Waals surface area contributed by atoms with Gasteiger partial charge in [-0.15, -0.1) is 0 Å². The number of hydrogen-bond donors (Lipinski definition) is 1. The van der Waals surface area contributed by atoms with Crippen LogP contribution in [-0.2, 0) is 16.0 Å². The van der Waals surface area contributed by atoms with Gasteiger partial charge in [-0.25, -0.2) is 4.98 Å². The fraction of sp³-hybridized carbons (Fsp3) is 0.300. The number of amides is 1. The Balaban J connectivity index is 1.62. The predicted molar refractivity (Wildman–Crippen MR) is 92.1 cm³/mol. The number of hydrogen-bond acceptors (Lipinski definition) is 5. The minimum Gasteiger partial charge on any atom is -0.443 e. The number of primary amides is 1. The van der Waals surface area contributed by atoms with Crippen LogP contribution >= 0.6 is 0 Å². The molecule has 6 heteroatoms. The number of Topliss-reactive ketones (excluding diaryl/α,β-unsaturated/α-hetero) is 2. The van der Waals surface area contributed by atoms with Crippen LogP contribution in [0.2, 0.25) is 0 Å². The Bertz CT molecular complexity index is 1060. The molecular formula is C20H16N2O4. The highest BCUT2D eigenvalue weighted by Gasteiger charge is 2.46. The topological polar surface area (TPSA) is 103 Å². The lowest BCUT2D eigenvalue weighted by atomic mass is 9.63. The SMILES string of the molecule is NC(=O)C1=CCC2C(=O)C3C(=O)c4ccc5ncoc5c4CC3=CC2C1.